The van der Waals surface area contributed by atoms with Crippen molar-refractivity contribution in [2.24, 2.45) is 17.6 Å². The van der Waals surface area contributed by atoms with Gasteiger partial charge < -0.3 is 20.4 Å². The third-order valence-corrected chi connectivity index (χ3v) is 5.37. The van der Waals surface area contributed by atoms with Crippen LogP contribution in [0.25, 0.3) is 0 Å². The Labute approximate surface area is 161 Å². The molecule has 0 radical (unpaired) electrons. The second-order valence-corrected chi connectivity index (χ2v) is 7.27. The second kappa shape index (κ2) is 7.10. The fourth-order valence-electron chi connectivity index (χ4n) is 3.88. The zero-order valence-electron chi connectivity index (χ0n) is 15.5. The Morgan fingerprint density at radius 1 is 1.29 bits per heavy atom. The minimum absolute atomic E-state index is 0.0843. The van der Waals surface area contributed by atoms with E-state index in [0.29, 0.717) is 36.7 Å². The van der Waals surface area contributed by atoms with Crippen molar-refractivity contribution in [2.45, 2.75) is 32.4 Å². The van der Waals surface area contributed by atoms with Crippen molar-refractivity contribution in [3.05, 3.63) is 35.5 Å². The number of hydrogen-bond acceptors (Lipinski definition) is 6. The Bertz CT molecular complexity index is 907. The summed E-state index contributed by atoms with van der Waals surface area (Å²) in [5.41, 5.74) is 6.21. The van der Waals surface area contributed by atoms with Gasteiger partial charge in [0.2, 0.25) is 11.8 Å². The second-order valence-electron chi connectivity index (χ2n) is 7.27. The maximum Gasteiger partial charge on any atom is 0.257 e. The molecule has 3 heterocycles. The Morgan fingerprint density at radius 2 is 2.04 bits per heavy atom. The molecule has 28 heavy (non-hydrogen) atoms. The maximum atomic E-state index is 12.7. The van der Waals surface area contributed by atoms with Gasteiger partial charge in [-0.3, -0.25) is 19.1 Å². The quantitative estimate of drug-likeness (QED) is 0.649. The molecule has 148 valence electrons. The number of nitrogens with one attached hydrogen (secondary N) is 1. The van der Waals surface area contributed by atoms with Crippen molar-refractivity contribution < 1.29 is 18.8 Å². The van der Waals surface area contributed by atoms with E-state index in [1.807, 2.05) is 6.92 Å². The fourth-order valence-corrected chi connectivity index (χ4v) is 3.88. The van der Waals surface area contributed by atoms with Gasteiger partial charge in [-0.05, 0) is 13.0 Å². The third kappa shape index (κ3) is 3.49. The highest BCUT2D eigenvalue weighted by molar-refractivity contribution is 5.96. The number of carbonyl (C=O) groups is 3. The molecule has 0 spiro atoms. The molecule has 3 atom stereocenters. The van der Waals surface area contributed by atoms with Gasteiger partial charge in [-0.2, -0.15) is 0 Å². The van der Waals surface area contributed by atoms with Gasteiger partial charge >= 0.3 is 0 Å². The lowest BCUT2D eigenvalue weighted by atomic mass is 10.1. The van der Waals surface area contributed by atoms with Crippen LogP contribution in [0.5, 0.6) is 0 Å². The molecule has 2 aliphatic rings. The summed E-state index contributed by atoms with van der Waals surface area (Å²) in [5, 5.41) is 10.9. The number of nitrogens with zero attached hydrogens (tertiary/aromatic N) is 4. The number of aryl methyl sites for hydroxylation is 1. The number of primary amides is 1. The normalized spacial score (nSPS) is 22.8. The van der Waals surface area contributed by atoms with Crippen LogP contribution in [-0.2, 0) is 29.0 Å². The molecule has 2 aromatic heterocycles. The summed E-state index contributed by atoms with van der Waals surface area (Å²) in [6, 6.07) is 1.65. The highest BCUT2D eigenvalue weighted by atomic mass is 16.3. The summed E-state index contributed by atoms with van der Waals surface area (Å²) in [7, 11) is 0. The monoisotopic (exact) mass is 386 g/mol. The van der Waals surface area contributed by atoms with E-state index >= 15 is 0 Å². The van der Waals surface area contributed by atoms with Crippen LogP contribution < -0.4 is 11.1 Å². The molecule has 2 aromatic rings. The molecule has 3 N–H and O–H groups in total. The average Bonchev–Trinajstić information content (AvgIpc) is 3.14. The molecule has 1 aliphatic carbocycles. The van der Waals surface area contributed by atoms with Gasteiger partial charge in [0.1, 0.15) is 5.76 Å². The van der Waals surface area contributed by atoms with Gasteiger partial charge in [0.05, 0.1) is 30.4 Å². The number of piperidine rings is 1. The number of rotatable bonds is 7. The number of hydrogen-bond donors (Lipinski definition) is 2. The van der Waals surface area contributed by atoms with E-state index in [0.717, 1.165) is 0 Å². The highest BCUT2D eigenvalue weighted by Gasteiger charge is 2.57. The van der Waals surface area contributed by atoms with Crippen LogP contribution >= 0.6 is 0 Å². The number of aromatic nitrogens is 3. The lowest BCUT2D eigenvalue weighted by molar-refractivity contribution is -0.121. The van der Waals surface area contributed by atoms with E-state index < -0.39 is 5.91 Å². The van der Waals surface area contributed by atoms with Crippen LogP contribution in [0, 0.1) is 11.8 Å². The van der Waals surface area contributed by atoms with E-state index in [1.54, 1.807) is 21.8 Å². The van der Waals surface area contributed by atoms with Gasteiger partial charge in [0.25, 0.3) is 5.91 Å². The van der Waals surface area contributed by atoms with E-state index in [2.05, 4.69) is 15.6 Å². The van der Waals surface area contributed by atoms with Gasteiger partial charge in [0, 0.05) is 43.7 Å². The Balaban J connectivity index is 1.28. The number of carbonyl (C=O) groups excluding carboxylic acids is 3. The SMILES string of the molecule is CCn1cc(CC(=O)NC2[C@H]3CN(C(=O)c4ccoc4CC(N)=O)C[C@@H]23)nn1. The molecule has 10 heteroatoms. The van der Waals surface area contributed by atoms with Crippen molar-refractivity contribution in [1.82, 2.24) is 25.2 Å². The first-order valence-electron chi connectivity index (χ1n) is 9.28. The van der Waals surface area contributed by atoms with E-state index in [4.69, 9.17) is 10.2 Å². The zero-order chi connectivity index (χ0) is 19.8. The average molecular weight is 386 g/mol. The predicted octanol–water partition coefficient (Wildman–Crippen LogP) is -0.652. The Hall–Kier alpha value is -3.17. The summed E-state index contributed by atoms with van der Waals surface area (Å²) in [5.74, 6) is 0.00645. The van der Waals surface area contributed by atoms with Crippen LogP contribution in [0.4, 0.5) is 0 Å². The predicted molar refractivity (Wildman–Crippen MR) is 95.8 cm³/mol. The number of fused-ring (bicyclic) bond motifs is 1. The summed E-state index contributed by atoms with van der Waals surface area (Å²) in [6.45, 7) is 3.81. The molecule has 0 aromatic carbocycles. The largest absolute Gasteiger partial charge is 0.468 e. The lowest BCUT2D eigenvalue weighted by Crippen LogP contribution is -2.38. The first-order valence-corrected chi connectivity index (χ1v) is 9.28. The van der Waals surface area contributed by atoms with Crippen LogP contribution in [0.3, 0.4) is 0 Å². The number of likely N-dealkylation sites (tertiary alicyclic amines) is 1. The maximum absolute atomic E-state index is 12.7. The molecular formula is C18H22N6O4. The highest BCUT2D eigenvalue weighted by Crippen LogP contribution is 2.46. The van der Waals surface area contributed by atoms with E-state index in [9.17, 15) is 14.4 Å². The minimum Gasteiger partial charge on any atom is -0.468 e. The first kappa shape index (κ1) is 18.2. The van der Waals surface area contributed by atoms with Crippen LogP contribution in [0.2, 0.25) is 0 Å². The van der Waals surface area contributed by atoms with Crippen molar-refractivity contribution in [3.8, 4) is 0 Å². The molecule has 3 amide bonds. The fraction of sp³-hybridized carbons (Fsp3) is 0.500. The van der Waals surface area contributed by atoms with Crippen LogP contribution in [-0.4, -0.2) is 56.7 Å². The number of furan rings is 1. The van der Waals surface area contributed by atoms with Crippen molar-refractivity contribution in [2.75, 3.05) is 13.1 Å². The molecule has 1 aliphatic heterocycles. The Kier molecular flexibility index (Phi) is 4.62. The molecule has 2 fully saturated rings. The standard InChI is InChI=1S/C18H22N6O4/c1-2-24-7-10(21-22-24)5-16(26)20-17-12-8-23(9-13(12)17)18(27)11-3-4-28-14(11)6-15(19)25/h3-4,7,12-13,17H,2,5-6,8-9H2,1H3,(H2,19,25)(H,20,26)/t12-,13+,17?. The van der Waals surface area contributed by atoms with Crippen LogP contribution in [0.1, 0.15) is 28.7 Å². The smallest absolute Gasteiger partial charge is 0.257 e. The van der Waals surface area contributed by atoms with E-state index in [1.165, 1.54) is 6.26 Å². The summed E-state index contributed by atoms with van der Waals surface area (Å²) >= 11 is 0. The molecule has 1 unspecified atom stereocenters. The molecular weight excluding hydrogens is 364 g/mol. The minimum atomic E-state index is -0.546. The van der Waals surface area contributed by atoms with E-state index in [-0.39, 0.29) is 42.5 Å². The number of amides is 3. The topological polar surface area (TPSA) is 136 Å². The lowest BCUT2D eigenvalue weighted by Gasteiger charge is -2.20. The molecule has 0 bridgehead atoms. The van der Waals surface area contributed by atoms with Crippen molar-refractivity contribution in [3.63, 3.8) is 0 Å². The summed E-state index contributed by atoms with van der Waals surface area (Å²) < 4.78 is 6.90. The number of nitrogens with two attached hydrogens (primary N) is 1. The molecule has 4 rings (SSSR count). The van der Waals surface area contributed by atoms with Crippen molar-refractivity contribution in [1.29, 1.82) is 0 Å². The molecule has 10 nitrogen and oxygen atoms in total. The van der Waals surface area contributed by atoms with Gasteiger partial charge in [-0.15, -0.1) is 5.10 Å². The molecule has 1 saturated carbocycles. The van der Waals surface area contributed by atoms with Crippen molar-refractivity contribution >= 4 is 17.7 Å². The Morgan fingerprint density at radius 3 is 2.68 bits per heavy atom. The summed E-state index contributed by atoms with van der Waals surface area (Å²) in [4.78, 5) is 37.7. The zero-order valence-corrected chi connectivity index (χ0v) is 15.5. The first-order chi connectivity index (χ1) is 13.5. The van der Waals surface area contributed by atoms with Gasteiger partial charge in [-0.1, -0.05) is 5.21 Å². The third-order valence-electron chi connectivity index (χ3n) is 5.37. The van der Waals surface area contributed by atoms with Gasteiger partial charge in [-0.25, -0.2) is 0 Å². The summed E-state index contributed by atoms with van der Waals surface area (Å²) in [6.07, 6.45) is 3.25. The van der Waals surface area contributed by atoms with Crippen LogP contribution in [0.15, 0.2) is 22.9 Å². The van der Waals surface area contributed by atoms with Gasteiger partial charge in [0.15, 0.2) is 0 Å². The molecule has 1 saturated heterocycles.